The van der Waals surface area contributed by atoms with Crippen molar-refractivity contribution in [3.05, 3.63) is 0 Å². The molecule has 2 nitrogen and oxygen atoms in total. The van der Waals surface area contributed by atoms with E-state index in [0.717, 1.165) is 25.9 Å². The molecule has 0 aromatic carbocycles. The van der Waals surface area contributed by atoms with Crippen LogP contribution in [0, 0.1) is 12.3 Å². The molecule has 0 spiro atoms. The lowest BCUT2D eigenvalue weighted by atomic mass is 10.1. The van der Waals surface area contributed by atoms with Crippen LogP contribution in [0.4, 0.5) is 13.2 Å². The van der Waals surface area contributed by atoms with Crippen LogP contribution in [-0.4, -0.2) is 48.4 Å². The molecular formula is C11H17F3N2S. The van der Waals surface area contributed by atoms with Gasteiger partial charge in [-0.3, -0.25) is 4.90 Å². The van der Waals surface area contributed by atoms with Crippen LogP contribution in [0.3, 0.4) is 0 Å². The van der Waals surface area contributed by atoms with E-state index in [0.29, 0.717) is 19.1 Å². The third-order valence-electron chi connectivity index (χ3n) is 2.70. The summed E-state index contributed by atoms with van der Waals surface area (Å²) in [5.41, 5.74) is -4.11. The van der Waals surface area contributed by atoms with Gasteiger partial charge in [-0.05, 0) is 24.6 Å². The normalized spacial score (nSPS) is 19.2. The second kappa shape index (κ2) is 7.14. The number of nitrogens with one attached hydrogen (secondary N) is 1. The number of halogens is 3. The van der Waals surface area contributed by atoms with E-state index in [-0.39, 0.29) is 17.5 Å². The van der Waals surface area contributed by atoms with Crippen LogP contribution in [-0.2, 0) is 0 Å². The van der Waals surface area contributed by atoms with E-state index in [1.165, 1.54) is 0 Å². The zero-order valence-corrected chi connectivity index (χ0v) is 10.4. The average molecular weight is 266 g/mol. The number of terminal acetylenes is 1. The van der Waals surface area contributed by atoms with Gasteiger partial charge in [0, 0.05) is 31.4 Å². The molecule has 17 heavy (non-hydrogen) atoms. The molecule has 0 atom stereocenters. The third kappa shape index (κ3) is 6.81. The first-order valence-corrected chi connectivity index (χ1v) is 6.59. The molecule has 0 radical (unpaired) electrons. The Kier molecular flexibility index (Phi) is 6.17. The van der Waals surface area contributed by atoms with Crippen LogP contribution in [0.2, 0.25) is 0 Å². The van der Waals surface area contributed by atoms with Gasteiger partial charge in [-0.15, -0.1) is 6.42 Å². The fourth-order valence-electron chi connectivity index (χ4n) is 1.85. The van der Waals surface area contributed by atoms with Gasteiger partial charge in [0.05, 0.1) is 6.54 Å². The second-order valence-corrected chi connectivity index (χ2v) is 5.16. The number of hydrogen-bond acceptors (Lipinski definition) is 3. The van der Waals surface area contributed by atoms with Crippen LogP contribution in [0.25, 0.3) is 0 Å². The molecule has 98 valence electrons. The fourth-order valence-corrected chi connectivity index (χ4v) is 2.31. The first-order valence-electron chi connectivity index (χ1n) is 5.61. The SMILES string of the molecule is C#CCN1CCC(NCCSC(F)(F)F)CC1. The minimum Gasteiger partial charge on any atom is -0.313 e. The monoisotopic (exact) mass is 266 g/mol. The highest BCUT2D eigenvalue weighted by Gasteiger charge is 2.27. The van der Waals surface area contributed by atoms with Gasteiger partial charge in [0.15, 0.2) is 0 Å². The van der Waals surface area contributed by atoms with Crippen molar-refractivity contribution in [2.75, 3.05) is 31.9 Å². The summed E-state index contributed by atoms with van der Waals surface area (Å²) < 4.78 is 35.6. The summed E-state index contributed by atoms with van der Waals surface area (Å²) in [6.07, 6.45) is 7.13. The van der Waals surface area contributed by atoms with Crippen molar-refractivity contribution in [2.24, 2.45) is 0 Å². The Hall–Kier alpha value is -0.380. The zero-order chi connectivity index (χ0) is 12.7. The van der Waals surface area contributed by atoms with Crippen LogP contribution in [0.5, 0.6) is 0 Å². The van der Waals surface area contributed by atoms with E-state index in [2.05, 4.69) is 16.1 Å². The Morgan fingerprint density at radius 1 is 1.35 bits per heavy atom. The molecule has 6 heteroatoms. The van der Waals surface area contributed by atoms with Crippen LogP contribution < -0.4 is 5.32 Å². The number of rotatable bonds is 5. The maximum absolute atomic E-state index is 11.9. The number of piperidine rings is 1. The van der Waals surface area contributed by atoms with Crippen LogP contribution in [0.15, 0.2) is 0 Å². The molecule has 1 aliphatic heterocycles. The number of likely N-dealkylation sites (tertiary alicyclic amines) is 1. The Balaban J connectivity index is 2.05. The summed E-state index contributed by atoms with van der Waals surface area (Å²) in [5.74, 6) is 2.68. The maximum atomic E-state index is 11.9. The van der Waals surface area contributed by atoms with Gasteiger partial charge >= 0.3 is 5.51 Å². The van der Waals surface area contributed by atoms with E-state index in [1.54, 1.807) is 0 Å². The minimum absolute atomic E-state index is 0.0314. The van der Waals surface area contributed by atoms with E-state index in [1.807, 2.05) is 0 Å². The van der Waals surface area contributed by atoms with Gasteiger partial charge in [0.1, 0.15) is 0 Å². The molecule has 1 aliphatic rings. The van der Waals surface area contributed by atoms with E-state index in [9.17, 15) is 13.2 Å². The predicted octanol–water partition coefficient (Wildman–Crippen LogP) is 1.93. The highest BCUT2D eigenvalue weighted by molar-refractivity contribution is 8.00. The van der Waals surface area contributed by atoms with Crippen molar-refractivity contribution in [3.8, 4) is 12.3 Å². The fraction of sp³-hybridized carbons (Fsp3) is 0.818. The van der Waals surface area contributed by atoms with Crippen molar-refractivity contribution < 1.29 is 13.2 Å². The van der Waals surface area contributed by atoms with Gasteiger partial charge in [-0.2, -0.15) is 13.2 Å². The molecule has 1 heterocycles. The highest BCUT2D eigenvalue weighted by Crippen LogP contribution is 2.29. The molecule has 0 aromatic rings. The Labute approximate surface area is 104 Å². The molecule has 0 bridgehead atoms. The Morgan fingerprint density at radius 2 is 2.00 bits per heavy atom. The zero-order valence-electron chi connectivity index (χ0n) is 9.59. The summed E-state index contributed by atoms with van der Waals surface area (Å²) in [5, 5.41) is 3.16. The molecular weight excluding hydrogens is 249 g/mol. The number of thioether (sulfide) groups is 1. The molecule has 0 aromatic heterocycles. The second-order valence-electron chi connectivity index (χ2n) is 4.00. The standard InChI is InChI=1S/C11H17F3N2S/c1-2-6-16-7-3-10(4-8-16)15-5-9-17-11(12,13)14/h1,10,15H,3-9H2. The van der Waals surface area contributed by atoms with Crippen LogP contribution in [0.1, 0.15) is 12.8 Å². The lowest BCUT2D eigenvalue weighted by Crippen LogP contribution is -2.43. The first-order chi connectivity index (χ1) is 8.01. The van der Waals surface area contributed by atoms with Gasteiger partial charge in [0.2, 0.25) is 0 Å². The largest absolute Gasteiger partial charge is 0.441 e. The summed E-state index contributed by atoms with van der Waals surface area (Å²) in [6.45, 7) is 2.92. The van der Waals surface area contributed by atoms with Crippen molar-refractivity contribution in [1.82, 2.24) is 10.2 Å². The van der Waals surface area contributed by atoms with Crippen molar-refractivity contribution in [1.29, 1.82) is 0 Å². The summed E-state index contributed by atoms with van der Waals surface area (Å²) >= 11 is 0.0314. The predicted molar refractivity (Wildman–Crippen MR) is 64.8 cm³/mol. The third-order valence-corrected chi connectivity index (χ3v) is 3.44. The van der Waals surface area contributed by atoms with Crippen molar-refractivity contribution in [3.63, 3.8) is 0 Å². The first kappa shape index (κ1) is 14.7. The molecule has 1 rings (SSSR count). The van der Waals surface area contributed by atoms with Gasteiger partial charge in [-0.1, -0.05) is 5.92 Å². The number of alkyl halides is 3. The maximum Gasteiger partial charge on any atom is 0.441 e. The van der Waals surface area contributed by atoms with Gasteiger partial charge < -0.3 is 5.32 Å². The lowest BCUT2D eigenvalue weighted by Gasteiger charge is -2.31. The average Bonchev–Trinajstić information content (AvgIpc) is 2.26. The molecule has 1 fully saturated rings. The van der Waals surface area contributed by atoms with Gasteiger partial charge in [0.25, 0.3) is 0 Å². The van der Waals surface area contributed by atoms with Crippen molar-refractivity contribution in [2.45, 2.75) is 24.4 Å². The van der Waals surface area contributed by atoms with E-state index < -0.39 is 5.51 Å². The molecule has 0 amide bonds. The molecule has 0 saturated carbocycles. The smallest absolute Gasteiger partial charge is 0.313 e. The molecule has 1 saturated heterocycles. The molecule has 1 N–H and O–H groups in total. The summed E-state index contributed by atoms with van der Waals surface area (Å²) in [4.78, 5) is 2.18. The van der Waals surface area contributed by atoms with Crippen LogP contribution >= 0.6 is 11.8 Å². The molecule has 0 unspecified atom stereocenters. The van der Waals surface area contributed by atoms with Crippen molar-refractivity contribution >= 4 is 11.8 Å². The summed E-state index contributed by atoms with van der Waals surface area (Å²) in [6, 6.07) is 0.331. The number of hydrogen-bond donors (Lipinski definition) is 1. The number of nitrogens with zero attached hydrogens (tertiary/aromatic N) is 1. The topological polar surface area (TPSA) is 15.3 Å². The molecule has 0 aliphatic carbocycles. The quantitative estimate of drug-likeness (QED) is 0.604. The van der Waals surface area contributed by atoms with Gasteiger partial charge in [-0.25, -0.2) is 0 Å². The van der Waals surface area contributed by atoms with E-state index >= 15 is 0 Å². The summed E-state index contributed by atoms with van der Waals surface area (Å²) in [7, 11) is 0. The lowest BCUT2D eigenvalue weighted by molar-refractivity contribution is -0.0327. The Morgan fingerprint density at radius 3 is 2.53 bits per heavy atom. The Bertz CT molecular complexity index is 254. The van der Waals surface area contributed by atoms with E-state index in [4.69, 9.17) is 6.42 Å². The highest BCUT2D eigenvalue weighted by atomic mass is 32.2. The minimum atomic E-state index is -4.11.